The van der Waals surface area contributed by atoms with E-state index in [-0.39, 0.29) is 0 Å². The van der Waals surface area contributed by atoms with Gasteiger partial charge in [0.1, 0.15) is 0 Å². The fraction of sp³-hybridized carbons (Fsp3) is 0. The first-order chi connectivity index (χ1) is 2.39. The van der Waals surface area contributed by atoms with Crippen molar-refractivity contribution in [3.63, 3.8) is 0 Å². The second-order valence-corrected chi connectivity index (χ2v) is 3.20. The van der Waals surface area contributed by atoms with Crippen LogP contribution >= 0.6 is 16.8 Å². The molecule has 1 heterocycles. The van der Waals surface area contributed by atoms with Crippen LogP contribution in [-0.4, -0.2) is 10.1 Å². The number of hydrogen-bond acceptors (Lipinski definition) is 3. The van der Waals surface area contributed by atoms with Gasteiger partial charge in [-0.3, -0.25) is 5.21 Å². The zero-order valence-corrected chi connectivity index (χ0v) is 4.39. The van der Waals surface area contributed by atoms with E-state index in [1.54, 1.807) is 0 Å². The van der Waals surface area contributed by atoms with Crippen molar-refractivity contribution < 1.29 is 5.21 Å². The summed E-state index contributed by atoms with van der Waals surface area (Å²) in [6.07, 6.45) is 0. The molecule has 1 fully saturated rings. The van der Waals surface area contributed by atoms with Crippen LogP contribution in [0.4, 0.5) is 0 Å². The summed E-state index contributed by atoms with van der Waals surface area (Å²) < 4.78 is 0. The average molecular weight is 110 g/mol. The van der Waals surface area contributed by atoms with Crippen molar-refractivity contribution in [3.05, 3.63) is 0 Å². The zero-order valence-electron chi connectivity index (χ0n) is 2.39. The molecule has 0 amide bonds. The van der Waals surface area contributed by atoms with Gasteiger partial charge in [-0.1, -0.05) is 0 Å². The highest BCUT2D eigenvalue weighted by molar-refractivity contribution is 8.12. The highest BCUT2D eigenvalue weighted by atomic mass is 32.0. The highest BCUT2D eigenvalue weighted by Gasteiger charge is 2.06. The molecule has 2 atom stereocenters. The molecule has 0 aliphatic carbocycles. The molecule has 3 nitrogen and oxygen atoms in total. The fourth-order valence-corrected chi connectivity index (χ4v) is 0.953. The van der Waals surface area contributed by atoms with Crippen LogP contribution in [0.5, 0.6) is 0 Å². The minimum Gasteiger partial charge on any atom is -0.295 e. The van der Waals surface area contributed by atoms with E-state index in [0.29, 0.717) is 8.42 Å². The first kappa shape index (κ1) is 3.91. The molecule has 2 N–H and O–H groups in total. The fourth-order valence-electron chi connectivity index (χ4n) is 0.106. The van der Waals surface area contributed by atoms with Crippen molar-refractivity contribution in [2.24, 2.45) is 0 Å². The van der Waals surface area contributed by atoms with Gasteiger partial charge in [0.15, 0.2) is 0 Å². The molecule has 0 saturated carbocycles. The standard InChI is InChI=1S/H4N2OP2/c3-2-1-4-5-2/h1,3-5H. The Labute approximate surface area is 33.2 Å². The predicted octanol–water partition coefficient (Wildman–Crippen LogP) is 0.298. The van der Waals surface area contributed by atoms with Gasteiger partial charge >= 0.3 is 0 Å². The Bertz CT molecular complexity index is 34.6. The normalized spacial score (nSPS) is 35.4. The van der Waals surface area contributed by atoms with Crippen molar-refractivity contribution in [2.45, 2.75) is 0 Å². The van der Waals surface area contributed by atoms with Gasteiger partial charge in [-0.05, 0) is 0 Å². The number of nitrogens with zero attached hydrogens (tertiary/aromatic N) is 1. The molecule has 0 aromatic heterocycles. The molecule has 0 bridgehead atoms. The van der Waals surface area contributed by atoms with E-state index in [1.165, 1.54) is 0 Å². The molecule has 5 heavy (non-hydrogen) atoms. The Kier molecular flexibility index (Phi) is 1.14. The lowest BCUT2D eigenvalue weighted by Crippen LogP contribution is -2.24. The third kappa shape index (κ3) is 0.783. The number of nitrogens with one attached hydrogen (secondary N) is 1. The molecule has 30 valence electrons. The molecule has 1 aliphatic rings. The minimum atomic E-state index is 0.600. The lowest BCUT2D eigenvalue weighted by atomic mass is 12.8. The maximum absolute atomic E-state index is 8.19. The van der Waals surface area contributed by atoms with Crippen molar-refractivity contribution in [1.29, 1.82) is 0 Å². The number of hydrazine groups is 1. The van der Waals surface area contributed by atoms with E-state index in [4.69, 9.17) is 5.21 Å². The summed E-state index contributed by atoms with van der Waals surface area (Å²) in [5, 5.41) is 10.8. The minimum absolute atomic E-state index is 0.600. The van der Waals surface area contributed by atoms with Gasteiger partial charge in [-0.25, -0.2) is 5.20 Å². The van der Waals surface area contributed by atoms with Crippen LogP contribution in [0.2, 0.25) is 0 Å². The second kappa shape index (κ2) is 1.46. The Balaban J connectivity index is 2.08. The molecular formula is H4N2OP2. The van der Waals surface area contributed by atoms with Gasteiger partial charge in [0, 0.05) is 16.8 Å². The Morgan fingerprint density at radius 2 is 2.20 bits per heavy atom. The van der Waals surface area contributed by atoms with Gasteiger partial charge < -0.3 is 0 Å². The summed E-state index contributed by atoms with van der Waals surface area (Å²) in [4.78, 5) is 1.10. The molecule has 1 rings (SSSR count). The maximum Gasteiger partial charge on any atom is 0.0364 e. The average Bonchev–Trinajstić information content (AvgIpc) is 1.30. The van der Waals surface area contributed by atoms with Gasteiger partial charge in [0.2, 0.25) is 0 Å². The third-order valence-corrected chi connectivity index (χ3v) is 2.61. The van der Waals surface area contributed by atoms with Crippen molar-refractivity contribution in [1.82, 2.24) is 10.1 Å². The predicted molar refractivity (Wildman–Crippen MR) is 23.4 cm³/mol. The molecular weight excluding hydrogens is 106 g/mol. The van der Waals surface area contributed by atoms with Crippen molar-refractivity contribution in [2.75, 3.05) is 0 Å². The van der Waals surface area contributed by atoms with Crippen molar-refractivity contribution in [3.8, 4) is 0 Å². The molecule has 1 aliphatic heterocycles. The summed E-state index contributed by atoms with van der Waals surface area (Å²) in [5.74, 6) is 0. The smallest absolute Gasteiger partial charge is 0.0364 e. The van der Waals surface area contributed by atoms with Gasteiger partial charge in [-0.15, -0.1) is 4.94 Å². The van der Waals surface area contributed by atoms with E-state index < -0.39 is 0 Å². The van der Waals surface area contributed by atoms with E-state index in [2.05, 4.69) is 5.20 Å². The van der Waals surface area contributed by atoms with Crippen LogP contribution in [0.25, 0.3) is 0 Å². The van der Waals surface area contributed by atoms with Crippen LogP contribution in [0.1, 0.15) is 0 Å². The van der Waals surface area contributed by atoms with Gasteiger partial charge in [-0.2, -0.15) is 0 Å². The molecule has 0 spiro atoms. The summed E-state index contributed by atoms with van der Waals surface area (Å²) in [7, 11) is 1.36. The molecule has 0 aromatic rings. The summed E-state index contributed by atoms with van der Waals surface area (Å²) in [6, 6.07) is 0. The van der Waals surface area contributed by atoms with Crippen LogP contribution in [0.3, 0.4) is 0 Å². The molecule has 0 aromatic carbocycles. The summed E-state index contributed by atoms with van der Waals surface area (Å²) >= 11 is 0. The first-order valence-electron chi connectivity index (χ1n) is 1.15. The van der Waals surface area contributed by atoms with Crippen molar-refractivity contribution >= 4 is 16.8 Å². The van der Waals surface area contributed by atoms with E-state index in [0.717, 1.165) is 13.4 Å². The molecule has 1 saturated heterocycles. The van der Waals surface area contributed by atoms with Crippen LogP contribution < -0.4 is 5.20 Å². The van der Waals surface area contributed by atoms with E-state index >= 15 is 0 Å². The monoisotopic (exact) mass is 110 g/mol. The largest absolute Gasteiger partial charge is 0.295 e. The topological polar surface area (TPSA) is 35.5 Å². The summed E-state index contributed by atoms with van der Waals surface area (Å²) in [5.41, 5.74) is 0. The van der Waals surface area contributed by atoms with Crippen LogP contribution in [0, 0.1) is 0 Å². The third-order valence-electron chi connectivity index (χ3n) is 0.324. The Morgan fingerprint density at radius 3 is 2.20 bits per heavy atom. The van der Waals surface area contributed by atoms with E-state index in [9.17, 15) is 0 Å². The quantitative estimate of drug-likeness (QED) is 0.440. The zero-order chi connectivity index (χ0) is 3.70. The molecule has 5 heteroatoms. The lowest BCUT2D eigenvalue weighted by molar-refractivity contribution is -0.0131. The Hall–Kier alpha value is 0.740. The second-order valence-electron chi connectivity index (χ2n) is 0.660. The molecule has 0 radical (unpaired) electrons. The lowest BCUT2D eigenvalue weighted by Gasteiger charge is -2.23. The summed E-state index contributed by atoms with van der Waals surface area (Å²) in [6.45, 7) is 0. The van der Waals surface area contributed by atoms with E-state index in [1.807, 2.05) is 0 Å². The highest BCUT2D eigenvalue weighted by Crippen LogP contribution is 2.44. The SMILES string of the molecule is ON1NPP1. The van der Waals surface area contributed by atoms with Crippen LogP contribution in [-0.2, 0) is 0 Å². The number of hydrogen-bond donors (Lipinski definition) is 2. The van der Waals surface area contributed by atoms with Crippen LogP contribution in [0.15, 0.2) is 0 Å². The number of rotatable bonds is 0. The van der Waals surface area contributed by atoms with Gasteiger partial charge in [0.25, 0.3) is 0 Å². The first-order valence-corrected chi connectivity index (χ1v) is 4.09. The van der Waals surface area contributed by atoms with Gasteiger partial charge in [0.05, 0.1) is 0 Å². The Morgan fingerprint density at radius 1 is 1.80 bits per heavy atom. The maximum atomic E-state index is 8.19. The molecule has 2 unspecified atom stereocenters.